The Kier molecular flexibility index (Phi) is 5.41. The van der Waals surface area contributed by atoms with Crippen LogP contribution in [0, 0.1) is 21.8 Å². The molecule has 0 radical (unpaired) electrons. The molecule has 1 unspecified atom stereocenters. The van der Waals surface area contributed by atoms with E-state index in [4.69, 9.17) is 5.73 Å². The summed E-state index contributed by atoms with van der Waals surface area (Å²) in [6.07, 6.45) is 0.789. The van der Waals surface area contributed by atoms with Crippen molar-refractivity contribution in [2.75, 3.05) is 19.6 Å². The van der Waals surface area contributed by atoms with Gasteiger partial charge in [-0.15, -0.1) is 12.4 Å². The maximum Gasteiger partial charge on any atom is 0.285 e. The van der Waals surface area contributed by atoms with Crippen molar-refractivity contribution in [1.29, 1.82) is 0 Å². The Hall–Kier alpha value is -1.73. The number of benzene rings is 1. The average molecular weight is 304 g/mol. The predicted molar refractivity (Wildman–Crippen MR) is 73.4 cm³/mol. The zero-order valence-electron chi connectivity index (χ0n) is 10.6. The number of hydrogen-bond acceptors (Lipinski definition) is 4. The van der Waals surface area contributed by atoms with Crippen molar-refractivity contribution in [1.82, 2.24) is 4.90 Å². The van der Waals surface area contributed by atoms with Crippen LogP contribution in [-0.2, 0) is 0 Å². The van der Waals surface area contributed by atoms with Crippen molar-refractivity contribution in [2.24, 2.45) is 11.7 Å². The summed E-state index contributed by atoms with van der Waals surface area (Å²) < 4.78 is 13.0. The Morgan fingerprint density at radius 3 is 2.80 bits per heavy atom. The Morgan fingerprint density at radius 1 is 1.55 bits per heavy atom. The van der Waals surface area contributed by atoms with Crippen LogP contribution in [0.4, 0.5) is 10.1 Å². The maximum absolute atomic E-state index is 13.0. The van der Waals surface area contributed by atoms with Crippen LogP contribution in [0.5, 0.6) is 0 Å². The first-order valence-electron chi connectivity index (χ1n) is 5.96. The Bertz CT molecular complexity index is 527. The van der Waals surface area contributed by atoms with Gasteiger partial charge >= 0.3 is 0 Å². The van der Waals surface area contributed by atoms with E-state index in [1.165, 1.54) is 4.90 Å². The molecular formula is C12H15ClFN3O3. The maximum atomic E-state index is 13.0. The quantitative estimate of drug-likeness (QED) is 0.678. The van der Waals surface area contributed by atoms with E-state index in [0.717, 1.165) is 24.6 Å². The summed E-state index contributed by atoms with van der Waals surface area (Å²) in [6, 6.07) is 2.98. The van der Waals surface area contributed by atoms with Crippen molar-refractivity contribution in [3.05, 3.63) is 39.7 Å². The smallest absolute Gasteiger partial charge is 0.285 e. The van der Waals surface area contributed by atoms with Crippen LogP contribution in [0.15, 0.2) is 18.2 Å². The van der Waals surface area contributed by atoms with Gasteiger partial charge in [-0.25, -0.2) is 4.39 Å². The standard InChI is InChI=1S/C12H14FN3O3.ClH/c13-9-1-2-10(11(5-9)16(18)19)12(17)15-4-3-8(6-14)7-15;/h1-2,5,8H,3-4,6-7,14H2;1H. The van der Waals surface area contributed by atoms with Crippen LogP contribution in [0.3, 0.4) is 0 Å². The molecule has 2 rings (SSSR count). The van der Waals surface area contributed by atoms with Gasteiger partial charge in [-0.05, 0) is 31.0 Å². The summed E-state index contributed by atoms with van der Waals surface area (Å²) in [6.45, 7) is 1.49. The monoisotopic (exact) mass is 303 g/mol. The molecule has 1 atom stereocenters. The van der Waals surface area contributed by atoms with Gasteiger partial charge in [-0.1, -0.05) is 0 Å². The molecule has 1 saturated heterocycles. The molecule has 1 aliphatic rings. The third-order valence-corrected chi connectivity index (χ3v) is 3.29. The highest BCUT2D eigenvalue weighted by molar-refractivity contribution is 5.98. The highest BCUT2D eigenvalue weighted by Gasteiger charge is 2.30. The van der Waals surface area contributed by atoms with Crippen molar-refractivity contribution >= 4 is 24.0 Å². The highest BCUT2D eigenvalue weighted by Crippen LogP contribution is 2.24. The minimum Gasteiger partial charge on any atom is -0.338 e. The first kappa shape index (κ1) is 16.3. The van der Waals surface area contributed by atoms with Crippen LogP contribution in [0.25, 0.3) is 0 Å². The second kappa shape index (κ2) is 6.62. The molecular weight excluding hydrogens is 289 g/mol. The fourth-order valence-electron chi connectivity index (χ4n) is 2.22. The van der Waals surface area contributed by atoms with E-state index in [1.54, 1.807) is 0 Å². The molecule has 2 N–H and O–H groups in total. The number of nitrogens with two attached hydrogens (primary N) is 1. The normalized spacial score (nSPS) is 17.7. The van der Waals surface area contributed by atoms with Gasteiger partial charge in [0.15, 0.2) is 0 Å². The second-order valence-corrected chi connectivity index (χ2v) is 4.56. The van der Waals surface area contributed by atoms with Crippen LogP contribution < -0.4 is 5.73 Å². The number of nitro groups is 1. The number of carbonyl (C=O) groups excluding carboxylic acids is 1. The third kappa shape index (κ3) is 3.23. The zero-order chi connectivity index (χ0) is 14.0. The molecule has 0 aliphatic carbocycles. The predicted octanol–water partition coefficient (Wildman–Crippen LogP) is 1.58. The fraction of sp³-hybridized carbons (Fsp3) is 0.417. The summed E-state index contributed by atoms with van der Waals surface area (Å²) in [5.41, 5.74) is 4.96. The Morgan fingerprint density at radius 2 is 2.25 bits per heavy atom. The van der Waals surface area contributed by atoms with E-state index >= 15 is 0 Å². The minimum absolute atomic E-state index is 0. The number of carbonyl (C=O) groups is 1. The lowest BCUT2D eigenvalue weighted by atomic mass is 10.1. The van der Waals surface area contributed by atoms with Gasteiger partial charge in [0.05, 0.1) is 11.0 Å². The third-order valence-electron chi connectivity index (χ3n) is 3.29. The molecule has 1 fully saturated rings. The number of nitrogens with zero attached hydrogens (tertiary/aromatic N) is 2. The molecule has 1 amide bonds. The SMILES string of the molecule is Cl.NCC1CCN(C(=O)c2ccc(F)cc2[N+](=O)[O-])C1. The van der Waals surface area contributed by atoms with E-state index in [9.17, 15) is 19.3 Å². The summed E-state index contributed by atoms with van der Waals surface area (Å²) in [4.78, 5) is 23.8. The van der Waals surface area contributed by atoms with Gasteiger partial charge in [0.1, 0.15) is 11.4 Å². The Balaban J connectivity index is 0.00000200. The number of hydrogen-bond donors (Lipinski definition) is 1. The Labute approximate surface area is 121 Å². The number of halogens is 2. The lowest BCUT2D eigenvalue weighted by Crippen LogP contribution is -2.30. The van der Waals surface area contributed by atoms with Gasteiger partial charge in [0.25, 0.3) is 11.6 Å². The fourth-order valence-corrected chi connectivity index (χ4v) is 2.22. The van der Waals surface area contributed by atoms with E-state index in [2.05, 4.69) is 0 Å². The van der Waals surface area contributed by atoms with Crippen LogP contribution in [-0.4, -0.2) is 35.4 Å². The zero-order valence-corrected chi connectivity index (χ0v) is 11.4. The van der Waals surface area contributed by atoms with Crippen molar-refractivity contribution in [2.45, 2.75) is 6.42 Å². The van der Waals surface area contributed by atoms with Crippen molar-refractivity contribution < 1.29 is 14.1 Å². The van der Waals surface area contributed by atoms with Crippen LogP contribution in [0.1, 0.15) is 16.8 Å². The summed E-state index contributed by atoms with van der Waals surface area (Å²) in [5, 5.41) is 10.9. The molecule has 20 heavy (non-hydrogen) atoms. The van der Waals surface area contributed by atoms with Gasteiger partial charge in [0, 0.05) is 13.1 Å². The lowest BCUT2D eigenvalue weighted by molar-refractivity contribution is -0.385. The average Bonchev–Trinajstić information content (AvgIpc) is 2.86. The first-order chi connectivity index (χ1) is 9.02. The molecule has 0 bridgehead atoms. The number of nitro benzene ring substituents is 1. The van der Waals surface area contributed by atoms with Crippen molar-refractivity contribution in [3.8, 4) is 0 Å². The highest BCUT2D eigenvalue weighted by atomic mass is 35.5. The molecule has 1 aromatic rings. The molecule has 8 heteroatoms. The van der Waals surface area contributed by atoms with Crippen LogP contribution in [0.2, 0.25) is 0 Å². The summed E-state index contributed by atoms with van der Waals surface area (Å²) in [7, 11) is 0. The summed E-state index contributed by atoms with van der Waals surface area (Å²) >= 11 is 0. The van der Waals surface area contributed by atoms with Crippen molar-refractivity contribution in [3.63, 3.8) is 0 Å². The van der Waals surface area contributed by atoms with E-state index in [0.29, 0.717) is 19.6 Å². The number of amides is 1. The number of rotatable bonds is 3. The molecule has 1 heterocycles. The lowest BCUT2D eigenvalue weighted by Gasteiger charge is -2.16. The number of likely N-dealkylation sites (tertiary alicyclic amines) is 1. The topological polar surface area (TPSA) is 89.5 Å². The van der Waals surface area contributed by atoms with Gasteiger partial charge in [-0.3, -0.25) is 14.9 Å². The molecule has 0 saturated carbocycles. The largest absolute Gasteiger partial charge is 0.338 e. The van der Waals surface area contributed by atoms with E-state index < -0.39 is 22.3 Å². The first-order valence-corrected chi connectivity index (χ1v) is 5.96. The van der Waals surface area contributed by atoms with E-state index in [1.807, 2.05) is 0 Å². The molecule has 1 aromatic carbocycles. The molecule has 0 aromatic heterocycles. The molecule has 110 valence electrons. The minimum atomic E-state index is -0.743. The molecule has 6 nitrogen and oxygen atoms in total. The molecule has 1 aliphatic heterocycles. The van der Waals surface area contributed by atoms with Gasteiger partial charge < -0.3 is 10.6 Å². The van der Waals surface area contributed by atoms with Crippen LogP contribution >= 0.6 is 12.4 Å². The van der Waals surface area contributed by atoms with E-state index in [-0.39, 0.29) is 23.9 Å². The van der Waals surface area contributed by atoms with Gasteiger partial charge in [0.2, 0.25) is 0 Å². The summed E-state index contributed by atoms with van der Waals surface area (Å²) in [5.74, 6) is -0.949. The second-order valence-electron chi connectivity index (χ2n) is 4.56. The van der Waals surface area contributed by atoms with Gasteiger partial charge in [-0.2, -0.15) is 0 Å². The molecule has 0 spiro atoms.